The minimum atomic E-state index is -0.321. The smallest absolute Gasteiger partial charge is 0.279 e. The number of carbonyl (C=O) groups excluding carboxylic acids is 1. The van der Waals surface area contributed by atoms with Crippen molar-refractivity contribution in [1.29, 1.82) is 0 Å². The summed E-state index contributed by atoms with van der Waals surface area (Å²) in [5, 5.41) is 2.84. The van der Waals surface area contributed by atoms with Gasteiger partial charge in [-0.3, -0.25) is 4.79 Å². The fourth-order valence-corrected chi connectivity index (χ4v) is 3.55. The third-order valence-corrected chi connectivity index (χ3v) is 4.81. The van der Waals surface area contributed by atoms with Crippen molar-refractivity contribution in [3.05, 3.63) is 53.8 Å². The highest BCUT2D eigenvalue weighted by Gasteiger charge is 2.34. The summed E-state index contributed by atoms with van der Waals surface area (Å²) < 4.78 is 23.8. The van der Waals surface area contributed by atoms with Crippen LogP contribution in [0, 0.1) is 5.82 Å². The number of quaternary nitrogens is 1. The topological polar surface area (TPSA) is 52.0 Å². The van der Waals surface area contributed by atoms with Crippen molar-refractivity contribution < 1.29 is 23.6 Å². The van der Waals surface area contributed by atoms with Crippen molar-refractivity contribution in [3.8, 4) is 11.5 Å². The number of hydrogen-bond acceptors (Lipinski definition) is 3. The van der Waals surface area contributed by atoms with Gasteiger partial charge < -0.3 is 19.7 Å². The second-order valence-corrected chi connectivity index (χ2v) is 6.44. The van der Waals surface area contributed by atoms with Crippen LogP contribution in [0.3, 0.4) is 0 Å². The molecule has 3 rings (SSSR count). The second-order valence-electron chi connectivity index (χ2n) is 6.44. The number of likely N-dealkylation sites (tertiary alicyclic amines) is 1. The molecule has 0 aromatic heterocycles. The van der Waals surface area contributed by atoms with Crippen LogP contribution in [-0.2, 0) is 4.79 Å². The summed E-state index contributed by atoms with van der Waals surface area (Å²) in [6.07, 6.45) is 2.03. The average Bonchev–Trinajstić information content (AvgIpc) is 3.10. The minimum Gasteiger partial charge on any atom is -0.497 e. The molecule has 2 aromatic carbocycles. The van der Waals surface area contributed by atoms with Gasteiger partial charge in [-0.1, -0.05) is 0 Å². The van der Waals surface area contributed by atoms with Gasteiger partial charge in [0.15, 0.2) is 6.54 Å². The van der Waals surface area contributed by atoms with Gasteiger partial charge >= 0.3 is 0 Å². The van der Waals surface area contributed by atoms with Crippen LogP contribution in [-0.4, -0.2) is 33.2 Å². The molecule has 138 valence electrons. The average molecular weight is 359 g/mol. The summed E-state index contributed by atoms with van der Waals surface area (Å²) in [6, 6.07) is 11.8. The van der Waals surface area contributed by atoms with Crippen LogP contribution >= 0.6 is 0 Å². The molecule has 1 saturated heterocycles. The van der Waals surface area contributed by atoms with E-state index in [-0.39, 0.29) is 17.8 Å². The third kappa shape index (κ3) is 4.14. The van der Waals surface area contributed by atoms with Gasteiger partial charge in [0.2, 0.25) is 0 Å². The molecule has 1 aliphatic heterocycles. The Kier molecular flexibility index (Phi) is 5.73. The predicted octanol–water partition coefficient (Wildman–Crippen LogP) is 2.20. The van der Waals surface area contributed by atoms with Gasteiger partial charge in [0.25, 0.3) is 5.91 Å². The Morgan fingerprint density at radius 3 is 2.65 bits per heavy atom. The van der Waals surface area contributed by atoms with E-state index in [2.05, 4.69) is 5.32 Å². The van der Waals surface area contributed by atoms with Gasteiger partial charge in [-0.05, 0) is 42.5 Å². The zero-order valence-corrected chi connectivity index (χ0v) is 15.0. The largest absolute Gasteiger partial charge is 0.497 e. The van der Waals surface area contributed by atoms with E-state index in [9.17, 15) is 9.18 Å². The van der Waals surface area contributed by atoms with Gasteiger partial charge in [-0.2, -0.15) is 0 Å². The van der Waals surface area contributed by atoms with E-state index < -0.39 is 0 Å². The zero-order chi connectivity index (χ0) is 18.5. The Bertz CT molecular complexity index is 764. The number of rotatable bonds is 6. The van der Waals surface area contributed by atoms with E-state index in [1.165, 1.54) is 17.0 Å². The summed E-state index contributed by atoms with van der Waals surface area (Å²) in [5.41, 5.74) is 1.67. The fraction of sp³-hybridized carbons (Fsp3) is 0.350. The van der Waals surface area contributed by atoms with Crippen molar-refractivity contribution in [3.63, 3.8) is 0 Å². The lowest BCUT2D eigenvalue weighted by molar-refractivity contribution is -0.910. The number of benzene rings is 2. The number of ether oxygens (including phenoxy) is 2. The van der Waals surface area contributed by atoms with Crippen LogP contribution in [0.25, 0.3) is 0 Å². The fourth-order valence-electron chi connectivity index (χ4n) is 3.55. The van der Waals surface area contributed by atoms with Crippen LogP contribution in [0.15, 0.2) is 42.5 Å². The standard InChI is InChI=1S/C20H23FN2O3/c1-25-16-9-10-19(26-2)17(12-16)18-4-3-11-23(18)13-20(24)22-15-7-5-14(21)6-8-15/h5-10,12,18H,3-4,11,13H2,1-2H3,(H,22,24)/p+1/t18-/m0/s1. The molecule has 1 amide bonds. The summed E-state index contributed by atoms with van der Waals surface area (Å²) in [5.74, 6) is 1.19. The van der Waals surface area contributed by atoms with Crippen LogP contribution in [0.1, 0.15) is 24.4 Å². The van der Waals surface area contributed by atoms with E-state index in [1.807, 2.05) is 18.2 Å². The van der Waals surface area contributed by atoms with Gasteiger partial charge in [0.05, 0.1) is 26.3 Å². The number of halogens is 1. The Hall–Kier alpha value is -2.60. The molecule has 0 saturated carbocycles. The Morgan fingerprint density at radius 1 is 1.19 bits per heavy atom. The van der Waals surface area contributed by atoms with Crippen molar-refractivity contribution in [2.24, 2.45) is 0 Å². The minimum absolute atomic E-state index is 0.0830. The molecular weight excluding hydrogens is 335 g/mol. The lowest BCUT2D eigenvalue weighted by Gasteiger charge is -2.23. The molecule has 2 atom stereocenters. The van der Waals surface area contributed by atoms with Crippen molar-refractivity contribution in [2.45, 2.75) is 18.9 Å². The molecule has 5 nitrogen and oxygen atoms in total. The van der Waals surface area contributed by atoms with Crippen molar-refractivity contribution in [1.82, 2.24) is 0 Å². The third-order valence-electron chi connectivity index (χ3n) is 4.81. The number of amides is 1. The lowest BCUT2D eigenvalue weighted by Crippen LogP contribution is -3.11. The van der Waals surface area contributed by atoms with E-state index in [1.54, 1.807) is 26.4 Å². The normalized spacial score (nSPS) is 19.2. The molecule has 2 aromatic rings. The molecule has 0 radical (unpaired) electrons. The highest BCUT2D eigenvalue weighted by Crippen LogP contribution is 2.31. The maximum absolute atomic E-state index is 13.0. The number of methoxy groups -OCH3 is 2. The number of anilines is 1. The summed E-state index contributed by atoms with van der Waals surface area (Å²) >= 11 is 0. The van der Waals surface area contributed by atoms with Crippen molar-refractivity contribution in [2.75, 3.05) is 32.6 Å². The maximum atomic E-state index is 13.0. The first-order valence-corrected chi connectivity index (χ1v) is 8.72. The predicted molar refractivity (Wildman–Crippen MR) is 97.2 cm³/mol. The number of hydrogen-bond donors (Lipinski definition) is 2. The number of carbonyl (C=O) groups is 1. The molecular formula is C20H24FN2O3+. The molecule has 1 fully saturated rings. The summed E-state index contributed by atoms with van der Waals surface area (Å²) in [4.78, 5) is 13.6. The second kappa shape index (κ2) is 8.19. The Labute approximate surface area is 152 Å². The molecule has 1 heterocycles. The van der Waals surface area contributed by atoms with E-state index in [4.69, 9.17) is 9.47 Å². The van der Waals surface area contributed by atoms with Crippen LogP contribution in [0.4, 0.5) is 10.1 Å². The highest BCUT2D eigenvalue weighted by molar-refractivity contribution is 5.91. The quantitative estimate of drug-likeness (QED) is 0.831. The summed E-state index contributed by atoms with van der Waals surface area (Å²) in [6.45, 7) is 1.27. The zero-order valence-electron chi connectivity index (χ0n) is 15.0. The molecule has 0 bridgehead atoms. The molecule has 26 heavy (non-hydrogen) atoms. The van der Waals surface area contributed by atoms with Crippen molar-refractivity contribution >= 4 is 11.6 Å². The molecule has 0 aliphatic carbocycles. The highest BCUT2D eigenvalue weighted by atomic mass is 19.1. The monoisotopic (exact) mass is 359 g/mol. The molecule has 6 heteroatoms. The first kappa shape index (κ1) is 18.2. The SMILES string of the molecule is COc1ccc(OC)c([C@@H]2CCC[NH+]2CC(=O)Nc2ccc(F)cc2)c1. The van der Waals surface area contributed by atoms with E-state index in [0.717, 1.165) is 36.4 Å². The molecule has 0 spiro atoms. The van der Waals surface area contributed by atoms with Gasteiger partial charge in [0, 0.05) is 18.5 Å². The molecule has 2 N–H and O–H groups in total. The van der Waals surface area contributed by atoms with Crippen LogP contribution in [0.2, 0.25) is 0 Å². The summed E-state index contributed by atoms with van der Waals surface area (Å²) in [7, 11) is 3.29. The first-order valence-electron chi connectivity index (χ1n) is 8.72. The van der Waals surface area contributed by atoms with E-state index >= 15 is 0 Å². The van der Waals surface area contributed by atoms with Gasteiger partial charge in [0.1, 0.15) is 23.4 Å². The van der Waals surface area contributed by atoms with Gasteiger partial charge in [-0.25, -0.2) is 4.39 Å². The molecule has 1 unspecified atom stereocenters. The Morgan fingerprint density at radius 2 is 1.96 bits per heavy atom. The van der Waals surface area contributed by atoms with Crippen LogP contribution in [0.5, 0.6) is 11.5 Å². The molecule has 1 aliphatic rings. The lowest BCUT2D eigenvalue weighted by atomic mass is 10.0. The van der Waals surface area contributed by atoms with Gasteiger partial charge in [-0.15, -0.1) is 0 Å². The Balaban J connectivity index is 1.72. The van der Waals surface area contributed by atoms with Crippen LogP contribution < -0.4 is 19.7 Å². The number of nitrogens with one attached hydrogen (secondary N) is 2. The maximum Gasteiger partial charge on any atom is 0.279 e. The first-order chi connectivity index (χ1) is 12.6. The van der Waals surface area contributed by atoms with E-state index in [0.29, 0.717) is 12.2 Å².